The second-order valence-corrected chi connectivity index (χ2v) is 5.36. The minimum absolute atomic E-state index is 0.178. The van der Waals surface area contributed by atoms with Crippen molar-refractivity contribution in [1.29, 1.82) is 0 Å². The van der Waals surface area contributed by atoms with Crippen molar-refractivity contribution in [3.8, 4) is 0 Å². The number of halogens is 3. The summed E-state index contributed by atoms with van der Waals surface area (Å²) in [5.74, 6) is 0.644. The molecule has 0 bridgehead atoms. The maximum atomic E-state index is 12.6. The van der Waals surface area contributed by atoms with Gasteiger partial charge in [0.2, 0.25) is 5.95 Å². The Bertz CT molecular complexity index is 845. The summed E-state index contributed by atoms with van der Waals surface area (Å²) in [4.78, 5) is 4.24. The van der Waals surface area contributed by atoms with Gasteiger partial charge in [0.05, 0.1) is 11.8 Å². The molecule has 0 atom stereocenters. The lowest BCUT2D eigenvalue weighted by Gasteiger charge is -2.09. The molecule has 0 unspecified atom stereocenters. The van der Waals surface area contributed by atoms with Gasteiger partial charge in [-0.15, -0.1) is 5.10 Å². The quantitative estimate of drug-likeness (QED) is 0.718. The summed E-state index contributed by atoms with van der Waals surface area (Å²) in [5.41, 5.74) is 1.69. The summed E-state index contributed by atoms with van der Waals surface area (Å²) in [5, 5.41) is 13.6. The third-order valence-corrected chi connectivity index (χ3v) is 3.35. The first-order valence-corrected chi connectivity index (χ1v) is 7.38. The molecule has 0 fully saturated rings. The highest BCUT2D eigenvalue weighted by Crippen LogP contribution is 2.30. The van der Waals surface area contributed by atoms with Crippen LogP contribution < -0.4 is 10.6 Å². The van der Waals surface area contributed by atoms with Gasteiger partial charge in [-0.05, 0) is 43.3 Å². The Morgan fingerprint density at radius 3 is 2.08 bits per heavy atom. The fourth-order valence-corrected chi connectivity index (χ4v) is 2.07. The zero-order valence-corrected chi connectivity index (χ0v) is 13.2. The van der Waals surface area contributed by atoms with Gasteiger partial charge in [0, 0.05) is 11.4 Å². The predicted octanol–water partition coefficient (Wildman–Crippen LogP) is 4.69. The molecule has 0 aliphatic heterocycles. The SMILES string of the molecule is Cc1ccc(Nc2cnnc(Nc3ccc(C(F)(F)F)cc3)n2)cc1. The summed E-state index contributed by atoms with van der Waals surface area (Å²) in [6.45, 7) is 1.99. The van der Waals surface area contributed by atoms with E-state index < -0.39 is 11.7 Å². The van der Waals surface area contributed by atoms with Crippen LogP contribution in [0.3, 0.4) is 0 Å². The number of alkyl halides is 3. The summed E-state index contributed by atoms with van der Waals surface area (Å²) in [6.07, 6.45) is -2.91. The molecular weight excluding hydrogens is 331 g/mol. The van der Waals surface area contributed by atoms with Gasteiger partial charge in [-0.1, -0.05) is 17.7 Å². The van der Waals surface area contributed by atoms with Crippen LogP contribution in [0, 0.1) is 6.92 Å². The molecule has 0 spiro atoms. The number of nitrogens with zero attached hydrogens (tertiary/aromatic N) is 3. The number of anilines is 4. The Kier molecular flexibility index (Phi) is 4.51. The van der Waals surface area contributed by atoms with Gasteiger partial charge in [0.25, 0.3) is 0 Å². The third-order valence-electron chi connectivity index (χ3n) is 3.35. The number of hydrogen-bond donors (Lipinski definition) is 2. The van der Waals surface area contributed by atoms with Crippen molar-refractivity contribution in [2.24, 2.45) is 0 Å². The zero-order chi connectivity index (χ0) is 17.9. The number of hydrogen-bond acceptors (Lipinski definition) is 5. The average Bonchev–Trinajstić information content (AvgIpc) is 2.57. The van der Waals surface area contributed by atoms with Crippen LogP contribution in [0.15, 0.2) is 54.7 Å². The normalized spacial score (nSPS) is 11.2. The van der Waals surface area contributed by atoms with Gasteiger partial charge >= 0.3 is 6.18 Å². The lowest BCUT2D eigenvalue weighted by molar-refractivity contribution is -0.137. The Balaban J connectivity index is 1.72. The van der Waals surface area contributed by atoms with Crippen LogP contribution in [-0.2, 0) is 6.18 Å². The van der Waals surface area contributed by atoms with Crippen molar-refractivity contribution in [2.45, 2.75) is 13.1 Å². The monoisotopic (exact) mass is 345 g/mol. The lowest BCUT2D eigenvalue weighted by atomic mass is 10.2. The lowest BCUT2D eigenvalue weighted by Crippen LogP contribution is -2.05. The summed E-state index contributed by atoms with van der Waals surface area (Å²) in [7, 11) is 0. The van der Waals surface area contributed by atoms with Gasteiger partial charge < -0.3 is 10.6 Å². The van der Waals surface area contributed by atoms with E-state index in [0.717, 1.165) is 23.4 Å². The minimum Gasteiger partial charge on any atom is -0.339 e. The first-order valence-electron chi connectivity index (χ1n) is 7.38. The minimum atomic E-state index is -4.37. The van der Waals surface area contributed by atoms with E-state index in [1.54, 1.807) is 0 Å². The average molecular weight is 345 g/mol. The first-order chi connectivity index (χ1) is 11.9. The van der Waals surface area contributed by atoms with Crippen LogP contribution in [0.5, 0.6) is 0 Å². The molecule has 0 amide bonds. The smallest absolute Gasteiger partial charge is 0.339 e. The Morgan fingerprint density at radius 1 is 0.840 bits per heavy atom. The van der Waals surface area contributed by atoms with Gasteiger partial charge in [-0.2, -0.15) is 23.3 Å². The van der Waals surface area contributed by atoms with Crippen LogP contribution in [0.4, 0.5) is 36.3 Å². The molecule has 5 nitrogen and oxygen atoms in total. The standard InChI is InChI=1S/C17H14F3N5/c1-11-2-6-13(7-3-11)22-15-10-21-25-16(24-15)23-14-8-4-12(5-9-14)17(18,19)20/h2-10H,1H3,(H2,22,23,24,25). The van der Waals surface area contributed by atoms with Gasteiger partial charge in [-0.3, -0.25) is 0 Å². The van der Waals surface area contributed by atoms with Crippen LogP contribution >= 0.6 is 0 Å². The molecular formula is C17H14F3N5. The van der Waals surface area contributed by atoms with E-state index in [9.17, 15) is 13.2 Å². The molecule has 2 aromatic carbocycles. The van der Waals surface area contributed by atoms with Gasteiger partial charge in [-0.25, -0.2) is 0 Å². The van der Waals surface area contributed by atoms with Crippen LogP contribution in [-0.4, -0.2) is 15.2 Å². The van der Waals surface area contributed by atoms with Crippen molar-refractivity contribution in [3.05, 3.63) is 65.9 Å². The van der Waals surface area contributed by atoms with E-state index in [-0.39, 0.29) is 5.95 Å². The first kappa shape index (κ1) is 16.7. The molecule has 0 radical (unpaired) electrons. The molecule has 2 N–H and O–H groups in total. The van der Waals surface area contributed by atoms with Crippen molar-refractivity contribution < 1.29 is 13.2 Å². The molecule has 0 saturated carbocycles. The fraction of sp³-hybridized carbons (Fsp3) is 0.118. The Morgan fingerprint density at radius 2 is 1.44 bits per heavy atom. The van der Waals surface area contributed by atoms with Gasteiger partial charge in [0.15, 0.2) is 5.82 Å². The summed E-state index contributed by atoms with van der Waals surface area (Å²) >= 11 is 0. The van der Waals surface area contributed by atoms with Gasteiger partial charge in [0.1, 0.15) is 0 Å². The van der Waals surface area contributed by atoms with Crippen LogP contribution in [0.2, 0.25) is 0 Å². The molecule has 3 aromatic rings. The number of nitrogens with one attached hydrogen (secondary N) is 2. The maximum Gasteiger partial charge on any atom is 0.416 e. The third kappa shape index (κ3) is 4.43. The number of benzene rings is 2. The zero-order valence-electron chi connectivity index (χ0n) is 13.2. The molecule has 25 heavy (non-hydrogen) atoms. The second kappa shape index (κ2) is 6.76. The topological polar surface area (TPSA) is 62.7 Å². The highest BCUT2D eigenvalue weighted by Gasteiger charge is 2.29. The van der Waals surface area contributed by atoms with Crippen molar-refractivity contribution in [1.82, 2.24) is 15.2 Å². The highest BCUT2D eigenvalue weighted by atomic mass is 19.4. The van der Waals surface area contributed by atoms with E-state index in [2.05, 4.69) is 25.8 Å². The molecule has 0 aliphatic carbocycles. The van der Waals surface area contributed by atoms with E-state index >= 15 is 0 Å². The number of aromatic nitrogens is 3. The predicted molar refractivity (Wildman–Crippen MR) is 89.0 cm³/mol. The Hall–Kier alpha value is -3.16. The molecule has 8 heteroatoms. The fourth-order valence-electron chi connectivity index (χ4n) is 2.07. The van der Waals surface area contributed by atoms with E-state index in [1.807, 2.05) is 31.2 Å². The Labute approximate surface area is 141 Å². The molecule has 3 rings (SSSR count). The molecule has 128 valence electrons. The van der Waals surface area contributed by atoms with Crippen LogP contribution in [0.25, 0.3) is 0 Å². The van der Waals surface area contributed by atoms with Crippen molar-refractivity contribution in [3.63, 3.8) is 0 Å². The highest BCUT2D eigenvalue weighted by molar-refractivity contribution is 5.59. The molecule has 1 heterocycles. The molecule has 0 aliphatic rings. The van der Waals surface area contributed by atoms with Crippen molar-refractivity contribution >= 4 is 23.1 Å². The summed E-state index contributed by atoms with van der Waals surface area (Å²) in [6, 6.07) is 12.3. The number of rotatable bonds is 4. The van der Waals surface area contributed by atoms with E-state index in [0.29, 0.717) is 11.5 Å². The summed E-state index contributed by atoms with van der Waals surface area (Å²) < 4.78 is 37.7. The largest absolute Gasteiger partial charge is 0.416 e. The van der Waals surface area contributed by atoms with Crippen LogP contribution in [0.1, 0.15) is 11.1 Å². The van der Waals surface area contributed by atoms with E-state index in [1.165, 1.54) is 18.3 Å². The van der Waals surface area contributed by atoms with Crippen molar-refractivity contribution in [2.75, 3.05) is 10.6 Å². The van der Waals surface area contributed by atoms with E-state index in [4.69, 9.17) is 0 Å². The molecule has 0 saturated heterocycles. The number of aryl methyl sites for hydroxylation is 1. The second-order valence-electron chi connectivity index (χ2n) is 5.36. The molecule has 1 aromatic heterocycles. The maximum absolute atomic E-state index is 12.6.